The zero-order chi connectivity index (χ0) is 25.4. The molecule has 190 valence electrons. The van der Waals surface area contributed by atoms with Crippen LogP contribution in [0.4, 0.5) is 10.1 Å². The van der Waals surface area contributed by atoms with E-state index in [0.29, 0.717) is 6.42 Å². The van der Waals surface area contributed by atoms with E-state index in [-0.39, 0.29) is 24.2 Å². The quantitative estimate of drug-likeness (QED) is 0.534. The molecule has 0 heterocycles. The number of anilines is 1. The molecule has 2 aromatic carbocycles. The van der Waals surface area contributed by atoms with Crippen molar-refractivity contribution in [3.63, 3.8) is 0 Å². The Bertz CT molecular complexity index is 1090. The highest BCUT2D eigenvalue weighted by atomic mass is 32.2. The summed E-state index contributed by atoms with van der Waals surface area (Å²) in [6.45, 7) is 1.51. The van der Waals surface area contributed by atoms with Gasteiger partial charge >= 0.3 is 0 Å². The third-order valence-electron chi connectivity index (χ3n) is 6.33. The molecule has 2 aromatic rings. The van der Waals surface area contributed by atoms with Crippen LogP contribution in [0.3, 0.4) is 0 Å². The second-order valence-corrected chi connectivity index (χ2v) is 10.9. The lowest BCUT2D eigenvalue weighted by Gasteiger charge is -2.34. The molecule has 0 aromatic heterocycles. The van der Waals surface area contributed by atoms with E-state index in [1.165, 1.54) is 17.0 Å². The molecule has 1 N–H and O–H groups in total. The standard InChI is InChI=1S/C26H34FN3O4S/c1-3-24(26(32)28-22-12-8-5-9-13-22)29(18-20-10-6-4-7-11-20)25(31)19-30(35(2,33)34)23-16-14-21(27)15-17-23/h4,6-7,10-11,14-17,22,24H,3,5,8-9,12-13,18-19H2,1-2H3,(H,28,32)/t24-/m1/s1. The minimum Gasteiger partial charge on any atom is -0.352 e. The average Bonchev–Trinajstić information content (AvgIpc) is 2.83. The predicted octanol–water partition coefficient (Wildman–Crippen LogP) is 3.85. The number of nitrogens with zero attached hydrogens (tertiary/aromatic N) is 2. The van der Waals surface area contributed by atoms with Crippen molar-refractivity contribution in [1.29, 1.82) is 0 Å². The summed E-state index contributed by atoms with van der Waals surface area (Å²) in [5.74, 6) is -1.24. The van der Waals surface area contributed by atoms with Crippen LogP contribution in [0.5, 0.6) is 0 Å². The monoisotopic (exact) mass is 503 g/mol. The van der Waals surface area contributed by atoms with Crippen LogP contribution in [0.1, 0.15) is 51.0 Å². The van der Waals surface area contributed by atoms with E-state index in [1.54, 1.807) is 0 Å². The molecule has 0 bridgehead atoms. The fraction of sp³-hybridized carbons (Fsp3) is 0.462. The second-order valence-electron chi connectivity index (χ2n) is 9.02. The molecular formula is C26H34FN3O4S. The largest absolute Gasteiger partial charge is 0.352 e. The van der Waals surface area contributed by atoms with Gasteiger partial charge < -0.3 is 10.2 Å². The Morgan fingerprint density at radius 3 is 2.23 bits per heavy atom. The van der Waals surface area contributed by atoms with Crippen molar-refractivity contribution >= 4 is 27.5 Å². The Morgan fingerprint density at radius 1 is 1.03 bits per heavy atom. The van der Waals surface area contributed by atoms with E-state index in [0.717, 1.165) is 60.4 Å². The SMILES string of the molecule is CC[C@H](C(=O)NC1CCCCC1)N(Cc1ccccc1)C(=O)CN(c1ccc(F)cc1)S(C)(=O)=O. The first-order valence-electron chi connectivity index (χ1n) is 12.1. The van der Waals surface area contributed by atoms with Gasteiger partial charge in [-0.1, -0.05) is 56.5 Å². The molecule has 0 saturated heterocycles. The molecule has 3 rings (SSSR count). The van der Waals surface area contributed by atoms with Crippen LogP contribution in [0.2, 0.25) is 0 Å². The maximum atomic E-state index is 13.6. The Kier molecular flexibility index (Phi) is 9.26. The Morgan fingerprint density at radius 2 is 1.66 bits per heavy atom. The van der Waals surface area contributed by atoms with Crippen LogP contribution >= 0.6 is 0 Å². The molecule has 1 saturated carbocycles. The summed E-state index contributed by atoms with van der Waals surface area (Å²) in [7, 11) is -3.84. The summed E-state index contributed by atoms with van der Waals surface area (Å²) < 4.78 is 39.5. The Balaban J connectivity index is 1.88. The molecule has 1 aliphatic rings. The number of sulfonamides is 1. The van der Waals surface area contributed by atoms with Crippen molar-refractivity contribution in [2.75, 3.05) is 17.1 Å². The molecule has 7 nitrogen and oxygen atoms in total. The minimum atomic E-state index is -3.84. The molecule has 2 amide bonds. The Hall–Kier alpha value is -2.94. The van der Waals surface area contributed by atoms with Crippen LogP contribution in [-0.4, -0.2) is 50.0 Å². The minimum absolute atomic E-state index is 0.0886. The first-order valence-corrected chi connectivity index (χ1v) is 13.9. The molecular weight excluding hydrogens is 469 g/mol. The van der Waals surface area contributed by atoms with E-state index in [1.807, 2.05) is 37.3 Å². The van der Waals surface area contributed by atoms with Gasteiger partial charge in [-0.2, -0.15) is 0 Å². The smallest absolute Gasteiger partial charge is 0.244 e. The van der Waals surface area contributed by atoms with Crippen molar-refractivity contribution < 1.29 is 22.4 Å². The number of carbonyl (C=O) groups excluding carboxylic acids is 2. The summed E-state index contributed by atoms with van der Waals surface area (Å²) in [5.41, 5.74) is 1.01. The van der Waals surface area contributed by atoms with Crippen LogP contribution in [0.15, 0.2) is 54.6 Å². The predicted molar refractivity (Wildman–Crippen MR) is 135 cm³/mol. The van der Waals surface area contributed by atoms with Crippen molar-refractivity contribution in [2.45, 2.75) is 64.1 Å². The number of amides is 2. The van der Waals surface area contributed by atoms with Crippen molar-refractivity contribution in [1.82, 2.24) is 10.2 Å². The van der Waals surface area contributed by atoms with Gasteiger partial charge in [-0.25, -0.2) is 12.8 Å². The van der Waals surface area contributed by atoms with Gasteiger partial charge in [0.2, 0.25) is 21.8 Å². The van der Waals surface area contributed by atoms with Gasteiger partial charge in [0, 0.05) is 12.6 Å². The van der Waals surface area contributed by atoms with Crippen molar-refractivity contribution in [3.05, 3.63) is 66.0 Å². The Labute approximate surface area is 207 Å². The fourth-order valence-corrected chi connectivity index (χ4v) is 5.31. The van der Waals surface area contributed by atoms with Crippen molar-refractivity contribution in [2.24, 2.45) is 0 Å². The van der Waals surface area contributed by atoms with Gasteiger partial charge in [-0.15, -0.1) is 0 Å². The number of halogens is 1. The number of nitrogens with one attached hydrogen (secondary N) is 1. The van der Waals surface area contributed by atoms with Crippen molar-refractivity contribution in [3.8, 4) is 0 Å². The van der Waals surface area contributed by atoms with Gasteiger partial charge in [0.05, 0.1) is 11.9 Å². The molecule has 1 fully saturated rings. The molecule has 1 atom stereocenters. The summed E-state index contributed by atoms with van der Waals surface area (Å²) in [6.07, 6.45) is 6.50. The summed E-state index contributed by atoms with van der Waals surface area (Å²) in [6, 6.07) is 13.5. The topological polar surface area (TPSA) is 86.8 Å². The summed E-state index contributed by atoms with van der Waals surface area (Å²) in [4.78, 5) is 28.4. The number of rotatable bonds is 10. The molecule has 1 aliphatic carbocycles. The first kappa shape index (κ1) is 26.7. The normalized spacial score (nSPS) is 15.3. The molecule has 0 unspecified atom stereocenters. The third-order valence-corrected chi connectivity index (χ3v) is 7.47. The third kappa shape index (κ3) is 7.52. The van der Waals surface area contributed by atoms with E-state index in [4.69, 9.17) is 0 Å². The lowest BCUT2D eigenvalue weighted by Crippen LogP contribution is -2.53. The summed E-state index contributed by atoms with van der Waals surface area (Å²) in [5, 5.41) is 3.11. The molecule has 35 heavy (non-hydrogen) atoms. The first-order chi connectivity index (χ1) is 16.7. The zero-order valence-corrected chi connectivity index (χ0v) is 21.1. The maximum Gasteiger partial charge on any atom is 0.244 e. The second kappa shape index (κ2) is 12.2. The van der Waals surface area contributed by atoms with Crippen LogP contribution < -0.4 is 9.62 Å². The van der Waals surface area contributed by atoms with Crippen LogP contribution in [-0.2, 0) is 26.2 Å². The zero-order valence-electron chi connectivity index (χ0n) is 20.3. The highest BCUT2D eigenvalue weighted by Crippen LogP contribution is 2.21. The maximum absolute atomic E-state index is 13.6. The van der Waals surface area contributed by atoms with Gasteiger partial charge in [0.15, 0.2) is 0 Å². The molecule has 0 spiro atoms. The van der Waals surface area contributed by atoms with Gasteiger partial charge in [0.1, 0.15) is 18.4 Å². The number of hydrogen-bond donors (Lipinski definition) is 1. The number of hydrogen-bond acceptors (Lipinski definition) is 4. The van der Waals surface area contributed by atoms with E-state index in [2.05, 4.69) is 5.32 Å². The van der Waals surface area contributed by atoms with Gasteiger partial charge in [0.25, 0.3) is 0 Å². The molecule has 0 radical (unpaired) electrons. The van der Waals surface area contributed by atoms with Crippen LogP contribution in [0.25, 0.3) is 0 Å². The van der Waals surface area contributed by atoms with E-state index in [9.17, 15) is 22.4 Å². The number of carbonyl (C=O) groups is 2. The molecule has 0 aliphatic heterocycles. The van der Waals surface area contributed by atoms with Crippen LogP contribution in [0, 0.1) is 5.82 Å². The lowest BCUT2D eigenvalue weighted by atomic mass is 9.95. The highest BCUT2D eigenvalue weighted by Gasteiger charge is 2.32. The van der Waals surface area contributed by atoms with Gasteiger partial charge in [-0.05, 0) is 49.1 Å². The lowest BCUT2D eigenvalue weighted by molar-refractivity contribution is -0.140. The van der Waals surface area contributed by atoms with E-state index >= 15 is 0 Å². The average molecular weight is 504 g/mol. The summed E-state index contributed by atoms with van der Waals surface area (Å²) >= 11 is 0. The molecule has 9 heteroatoms. The number of benzene rings is 2. The van der Waals surface area contributed by atoms with E-state index < -0.39 is 34.3 Å². The highest BCUT2D eigenvalue weighted by molar-refractivity contribution is 7.92. The van der Waals surface area contributed by atoms with Gasteiger partial charge in [-0.3, -0.25) is 13.9 Å². The fourth-order valence-electron chi connectivity index (χ4n) is 4.46.